The average Bonchev–Trinajstić information content (AvgIpc) is 2.79. The molecule has 0 bridgehead atoms. The van der Waals surface area contributed by atoms with Gasteiger partial charge in [-0.15, -0.1) is 0 Å². The molecule has 0 saturated carbocycles. The van der Waals surface area contributed by atoms with Crippen LogP contribution in [0.2, 0.25) is 0 Å². The number of benzene rings is 1. The molecule has 0 aliphatic heterocycles. The molecule has 10 heteroatoms. The molecule has 1 aromatic carbocycles. The number of hydrogen-bond donors (Lipinski definition) is 0. The molecule has 8 nitrogen and oxygen atoms in total. The Morgan fingerprint density at radius 2 is 1.36 bits per heavy atom. The lowest BCUT2D eigenvalue weighted by Gasteiger charge is -2.24. The molecule has 0 spiro atoms. The zero-order chi connectivity index (χ0) is 27.2. The van der Waals surface area contributed by atoms with E-state index in [1.807, 2.05) is 0 Å². The molecule has 0 radical (unpaired) electrons. The van der Waals surface area contributed by atoms with E-state index < -0.39 is 15.2 Å². The highest BCUT2D eigenvalue weighted by molar-refractivity contribution is 7.62. The van der Waals surface area contributed by atoms with Crippen molar-refractivity contribution in [2.75, 3.05) is 40.1 Å². The summed E-state index contributed by atoms with van der Waals surface area (Å²) in [5, 5.41) is 0.293. The third-order valence-corrected chi connectivity index (χ3v) is 9.78. The summed E-state index contributed by atoms with van der Waals surface area (Å²) in [7, 11) is -5.59. The van der Waals surface area contributed by atoms with Crippen LogP contribution in [0.4, 0.5) is 0 Å². The summed E-state index contributed by atoms with van der Waals surface area (Å²) in [6, 6.07) is 3.30. The van der Waals surface area contributed by atoms with Crippen molar-refractivity contribution >= 4 is 20.5 Å². The molecule has 36 heavy (non-hydrogen) atoms. The van der Waals surface area contributed by atoms with Crippen molar-refractivity contribution in [1.29, 1.82) is 0 Å². The summed E-state index contributed by atoms with van der Waals surface area (Å²) in [4.78, 5) is 0. The molecular weight excluding hydrogens is 502 g/mol. The van der Waals surface area contributed by atoms with Crippen LogP contribution in [-0.2, 0) is 33.4 Å². The first kappa shape index (κ1) is 33.1. The van der Waals surface area contributed by atoms with E-state index in [0.29, 0.717) is 40.8 Å². The molecule has 0 aliphatic rings. The zero-order valence-electron chi connectivity index (χ0n) is 23.5. The van der Waals surface area contributed by atoms with Crippen molar-refractivity contribution in [3.8, 4) is 11.5 Å². The second-order valence-electron chi connectivity index (χ2n) is 9.14. The average molecular weight is 551 g/mol. The lowest BCUT2D eigenvalue weighted by molar-refractivity contribution is 0.219. The van der Waals surface area contributed by atoms with Gasteiger partial charge in [0.15, 0.2) is 0 Å². The van der Waals surface area contributed by atoms with Crippen molar-refractivity contribution in [3.63, 3.8) is 0 Å². The maximum atomic E-state index is 13.7. The van der Waals surface area contributed by atoms with Gasteiger partial charge in [-0.3, -0.25) is 9.13 Å². The molecule has 210 valence electrons. The van der Waals surface area contributed by atoms with E-state index in [2.05, 4.69) is 20.8 Å². The van der Waals surface area contributed by atoms with Crippen LogP contribution in [0.25, 0.3) is 0 Å². The summed E-state index contributed by atoms with van der Waals surface area (Å²) in [5.41, 5.74) is 0.575. The molecule has 0 heterocycles. The first-order chi connectivity index (χ1) is 17.1. The van der Waals surface area contributed by atoms with Gasteiger partial charge in [0.05, 0.1) is 46.3 Å². The van der Waals surface area contributed by atoms with Crippen LogP contribution in [0.15, 0.2) is 12.1 Å². The van der Waals surface area contributed by atoms with Crippen LogP contribution in [0, 0.1) is 11.8 Å². The minimum atomic E-state index is -3.67. The topological polar surface area (TPSA) is 89.5 Å². The Hall–Kier alpha value is -0.880. The Bertz CT molecular complexity index is 839. The Morgan fingerprint density at radius 3 is 1.86 bits per heavy atom. The maximum absolute atomic E-state index is 13.7. The summed E-state index contributed by atoms with van der Waals surface area (Å²) in [5.74, 6) is 1.94. The van der Waals surface area contributed by atoms with Crippen molar-refractivity contribution in [2.24, 2.45) is 11.8 Å². The second-order valence-corrected chi connectivity index (χ2v) is 13.2. The second kappa shape index (κ2) is 16.9. The van der Waals surface area contributed by atoms with Gasteiger partial charge in [-0.05, 0) is 58.1 Å². The van der Waals surface area contributed by atoms with Crippen LogP contribution >= 0.6 is 15.2 Å². The maximum Gasteiger partial charge on any atom is 0.365 e. The number of ether oxygens (including phenoxy) is 2. The normalized spacial score (nSPS) is 13.2. The predicted molar refractivity (Wildman–Crippen MR) is 146 cm³/mol. The lowest BCUT2D eigenvalue weighted by atomic mass is 9.98. The highest BCUT2D eigenvalue weighted by Gasteiger charge is 2.34. The van der Waals surface area contributed by atoms with Crippen LogP contribution in [-0.4, -0.2) is 40.1 Å². The van der Waals surface area contributed by atoms with E-state index in [0.717, 1.165) is 12.8 Å². The molecule has 0 fully saturated rings. The third kappa shape index (κ3) is 10.8. The number of rotatable bonds is 20. The van der Waals surface area contributed by atoms with E-state index in [4.69, 9.17) is 27.6 Å². The summed E-state index contributed by atoms with van der Waals surface area (Å²) in [6.07, 6.45) is 4.37. The molecule has 0 aromatic heterocycles. The molecule has 1 rings (SSSR count). The monoisotopic (exact) mass is 550 g/mol. The smallest absolute Gasteiger partial charge is 0.365 e. The molecule has 1 aromatic rings. The van der Waals surface area contributed by atoms with E-state index in [9.17, 15) is 9.13 Å². The van der Waals surface area contributed by atoms with Gasteiger partial charge >= 0.3 is 15.2 Å². The quantitative estimate of drug-likeness (QED) is 0.154. The van der Waals surface area contributed by atoms with Crippen LogP contribution in [0.3, 0.4) is 0 Å². The first-order valence-electron chi connectivity index (χ1n) is 13.2. The summed E-state index contributed by atoms with van der Waals surface area (Å²) >= 11 is 0. The standard InChI is InChI=1S/C26H48O8P2/c1-9-31-35(27,32-10-2)20-23-18-25(30-17-16-22(7)15-13-14-21(5)6)26(19-24(23)29-8)36(28,33-11-3)34-12-4/h18-19,21-22H,9-17,20H2,1-8H3. The molecule has 0 N–H and O–H groups in total. The SMILES string of the molecule is CCOP(=O)(Cc1cc(OCCC(C)CCCC(C)C)c(P(=O)(OCC)OCC)cc1OC)OCC. The Morgan fingerprint density at radius 1 is 0.778 bits per heavy atom. The Labute approximate surface area is 218 Å². The summed E-state index contributed by atoms with van der Waals surface area (Å²) < 4.78 is 60.9. The van der Waals surface area contributed by atoms with Gasteiger partial charge in [-0.1, -0.05) is 40.0 Å². The third-order valence-electron chi connectivity index (χ3n) is 5.62. The fourth-order valence-electron chi connectivity index (χ4n) is 3.87. The highest BCUT2D eigenvalue weighted by atomic mass is 31.2. The van der Waals surface area contributed by atoms with Gasteiger partial charge in [-0.2, -0.15) is 0 Å². The fourth-order valence-corrected chi connectivity index (χ4v) is 7.29. The minimum Gasteiger partial charge on any atom is -0.496 e. The molecule has 0 saturated heterocycles. The van der Waals surface area contributed by atoms with Crippen LogP contribution in [0.1, 0.15) is 79.7 Å². The van der Waals surface area contributed by atoms with Crippen LogP contribution < -0.4 is 14.8 Å². The number of methoxy groups -OCH3 is 1. The van der Waals surface area contributed by atoms with Gasteiger partial charge in [0.1, 0.15) is 16.8 Å². The van der Waals surface area contributed by atoms with Gasteiger partial charge in [0.2, 0.25) is 0 Å². The molecule has 1 atom stereocenters. The Balaban J connectivity index is 3.33. The molecule has 1 unspecified atom stereocenters. The first-order valence-corrected chi connectivity index (χ1v) is 16.5. The fraction of sp³-hybridized carbons (Fsp3) is 0.769. The van der Waals surface area contributed by atoms with E-state index in [1.54, 1.807) is 39.8 Å². The van der Waals surface area contributed by atoms with Crippen molar-refractivity contribution in [2.45, 2.75) is 80.3 Å². The van der Waals surface area contributed by atoms with Crippen molar-refractivity contribution in [3.05, 3.63) is 17.7 Å². The van der Waals surface area contributed by atoms with Crippen molar-refractivity contribution < 1.29 is 36.7 Å². The van der Waals surface area contributed by atoms with E-state index in [1.165, 1.54) is 20.0 Å². The summed E-state index contributed by atoms with van der Waals surface area (Å²) in [6.45, 7) is 15.1. The zero-order valence-corrected chi connectivity index (χ0v) is 25.3. The van der Waals surface area contributed by atoms with Gasteiger partial charge < -0.3 is 27.6 Å². The highest BCUT2D eigenvalue weighted by Crippen LogP contribution is 2.55. The van der Waals surface area contributed by atoms with Gasteiger partial charge in [0.25, 0.3) is 0 Å². The van der Waals surface area contributed by atoms with Crippen LogP contribution in [0.5, 0.6) is 11.5 Å². The van der Waals surface area contributed by atoms with Crippen molar-refractivity contribution in [1.82, 2.24) is 0 Å². The van der Waals surface area contributed by atoms with E-state index in [-0.39, 0.29) is 32.6 Å². The van der Waals surface area contributed by atoms with Gasteiger partial charge in [-0.25, -0.2) is 0 Å². The van der Waals surface area contributed by atoms with Gasteiger partial charge in [0, 0.05) is 5.56 Å². The molecule has 0 amide bonds. The molecular formula is C26H48O8P2. The van der Waals surface area contributed by atoms with E-state index >= 15 is 0 Å². The minimum absolute atomic E-state index is 0.00628. The predicted octanol–water partition coefficient (Wildman–Crippen LogP) is 7.58. The Kier molecular flexibility index (Phi) is 15.5. The largest absolute Gasteiger partial charge is 0.496 e. The number of hydrogen-bond acceptors (Lipinski definition) is 8. The molecule has 0 aliphatic carbocycles. The lowest BCUT2D eigenvalue weighted by Crippen LogP contribution is -2.17.